The Morgan fingerprint density at radius 3 is 2.68 bits per heavy atom. The summed E-state index contributed by atoms with van der Waals surface area (Å²) in [5.74, 6) is -0.103. The van der Waals surface area contributed by atoms with E-state index in [9.17, 15) is 4.79 Å². The van der Waals surface area contributed by atoms with Gasteiger partial charge in [0.2, 0.25) is 0 Å². The number of para-hydroxylation sites is 1. The number of carbonyl (C=O) groups is 1. The second-order valence-electron chi connectivity index (χ2n) is 4.22. The van der Waals surface area contributed by atoms with Gasteiger partial charge in [0.15, 0.2) is 0 Å². The molecule has 100 valence electrons. The number of hydrogen-bond acceptors (Lipinski definition) is 4. The van der Waals surface area contributed by atoms with Gasteiger partial charge in [-0.05, 0) is 23.6 Å². The first-order valence-corrected chi connectivity index (χ1v) is 6.94. The van der Waals surface area contributed by atoms with Crippen LogP contribution >= 0.6 is 11.3 Å². The van der Waals surface area contributed by atoms with E-state index >= 15 is 0 Å². The van der Waals surface area contributed by atoms with Crippen LogP contribution in [0.3, 0.4) is 0 Å². The van der Waals surface area contributed by atoms with E-state index < -0.39 is 0 Å². The maximum atomic E-state index is 11.8. The van der Waals surface area contributed by atoms with Gasteiger partial charge in [-0.1, -0.05) is 18.2 Å². The summed E-state index contributed by atoms with van der Waals surface area (Å²) in [5.41, 5.74) is 7.38. The summed E-state index contributed by atoms with van der Waals surface area (Å²) in [4.78, 5) is 14.5. The standard InChI is InChI=1S/C14H17N3OS/c1-17(11-5-3-2-4-6-11)9-8-16-14(18)13-12(15)7-10-19-13/h2-7,10H,8-9,15H2,1H3,(H,16,18). The quantitative estimate of drug-likeness (QED) is 0.879. The van der Waals surface area contributed by atoms with E-state index in [1.807, 2.05) is 42.8 Å². The Morgan fingerprint density at radius 1 is 1.32 bits per heavy atom. The van der Waals surface area contributed by atoms with Gasteiger partial charge in [-0.3, -0.25) is 4.79 Å². The molecule has 0 bridgehead atoms. The van der Waals surface area contributed by atoms with Crippen LogP contribution in [0.1, 0.15) is 9.67 Å². The third-order valence-corrected chi connectivity index (χ3v) is 3.76. The van der Waals surface area contributed by atoms with Crippen molar-refractivity contribution in [3.05, 3.63) is 46.7 Å². The normalized spacial score (nSPS) is 10.2. The number of nitrogens with two attached hydrogens (primary N) is 1. The van der Waals surface area contributed by atoms with E-state index in [0.717, 1.165) is 12.2 Å². The number of benzene rings is 1. The third kappa shape index (κ3) is 3.48. The maximum Gasteiger partial charge on any atom is 0.263 e. The molecule has 0 saturated carbocycles. The van der Waals surface area contributed by atoms with Gasteiger partial charge in [-0.25, -0.2) is 0 Å². The van der Waals surface area contributed by atoms with Crippen LogP contribution in [0.15, 0.2) is 41.8 Å². The fourth-order valence-electron chi connectivity index (χ4n) is 1.73. The van der Waals surface area contributed by atoms with Crippen molar-refractivity contribution in [3.63, 3.8) is 0 Å². The molecule has 4 nitrogen and oxygen atoms in total. The Morgan fingerprint density at radius 2 is 2.05 bits per heavy atom. The van der Waals surface area contributed by atoms with Crippen molar-refractivity contribution in [2.24, 2.45) is 0 Å². The van der Waals surface area contributed by atoms with Gasteiger partial charge in [-0.15, -0.1) is 11.3 Å². The van der Waals surface area contributed by atoms with Crippen molar-refractivity contribution in [1.29, 1.82) is 0 Å². The zero-order chi connectivity index (χ0) is 13.7. The molecule has 0 saturated heterocycles. The highest BCUT2D eigenvalue weighted by Gasteiger charge is 2.10. The molecule has 0 aliphatic carbocycles. The van der Waals surface area contributed by atoms with E-state index in [0.29, 0.717) is 17.1 Å². The molecule has 3 N–H and O–H groups in total. The first-order valence-electron chi connectivity index (χ1n) is 6.06. The topological polar surface area (TPSA) is 58.4 Å². The van der Waals surface area contributed by atoms with Crippen molar-refractivity contribution in [2.45, 2.75) is 0 Å². The predicted molar refractivity (Wildman–Crippen MR) is 80.8 cm³/mol. The van der Waals surface area contributed by atoms with Crippen molar-refractivity contribution >= 4 is 28.6 Å². The van der Waals surface area contributed by atoms with Crippen molar-refractivity contribution < 1.29 is 4.79 Å². The molecule has 0 spiro atoms. The van der Waals surface area contributed by atoms with Crippen LogP contribution in [0.25, 0.3) is 0 Å². The summed E-state index contributed by atoms with van der Waals surface area (Å²) in [6.45, 7) is 1.34. The van der Waals surface area contributed by atoms with Crippen LogP contribution in [0, 0.1) is 0 Å². The fourth-order valence-corrected chi connectivity index (χ4v) is 2.47. The lowest BCUT2D eigenvalue weighted by molar-refractivity contribution is 0.0959. The van der Waals surface area contributed by atoms with Gasteiger partial charge in [0, 0.05) is 25.8 Å². The summed E-state index contributed by atoms with van der Waals surface area (Å²) in [6, 6.07) is 11.8. The van der Waals surface area contributed by atoms with Crippen LogP contribution in [-0.4, -0.2) is 26.0 Å². The lowest BCUT2D eigenvalue weighted by Crippen LogP contribution is -2.32. The van der Waals surface area contributed by atoms with Crippen LogP contribution in [0.2, 0.25) is 0 Å². The van der Waals surface area contributed by atoms with Crippen LogP contribution in [0.4, 0.5) is 11.4 Å². The smallest absolute Gasteiger partial charge is 0.263 e. The number of amides is 1. The molecule has 1 aromatic heterocycles. The number of nitrogens with zero attached hydrogens (tertiary/aromatic N) is 1. The number of nitrogens with one attached hydrogen (secondary N) is 1. The first-order chi connectivity index (χ1) is 9.18. The second-order valence-corrected chi connectivity index (χ2v) is 5.13. The molecule has 2 rings (SSSR count). The van der Waals surface area contributed by atoms with Crippen molar-refractivity contribution in [1.82, 2.24) is 5.32 Å². The Bertz CT molecular complexity index is 539. The van der Waals surface area contributed by atoms with Gasteiger partial charge in [0.05, 0.1) is 5.69 Å². The largest absolute Gasteiger partial charge is 0.397 e. The highest BCUT2D eigenvalue weighted by atomic mass is 32.1. The molecule has 5 heteroatoms. The molecular weight excluding hydrogens is 258 g/mol. The lowest BCUT2D eigenvalue weighted by Gasteiger charge is -2.19. The zero-order valence-corrected chi connectivity index (χ0v) is 11.6. The maximum absolute atomic E-state index is 11.8. The molecule has 19 heavy (non-hydrogen) atoms. The Kier molecular flexibility index (Phi) is 4.41. The molecule has 0 unspecified atom stereocenters. The monoisotopic (exact) mass is 275 g/mol. The minimum atomic E-state index is -0.103. The first kappa shape index (κ1) is 13.4. The average molecular weight is 275 g/mol. The van der Waals surface area contributed by atoms with Gasteiger partial charge in [0.1, 0.15) is 4.88 Å². The predicted octanol–water partition coefficient (Wildman–Crippen LogP) is 2.20. The molecule has 0 fully saturated rings. The zero-order valence-electron chi connectivity index (χ0n) is 10.8. The Hall–Kier alpha value is -2.01. The number of nitrogen functional groups attached to an aromatic ring is 1. The van der Waals surface area contributed by atoms with Gasteiger partial charge in [0.25, 0.3) is 5.91 Å². The van der Waals surface area contributed by atoms with Crippen LogP contribution in [-0.2, 0) is 0 Å². The highest BCUT2D eigenvalue weighted by Crippen LogP contribution is 2.18. The fraction of sp³-hybridized carbons (Fsp3) is 0.214. The van der Waals surface area contributed by atoms with E-state index in [1.54, 1.807) is 6.07 Å². The highest BCUT2D eigenvalue weighted by molar-refractivity contribution is 7.12. The summed E-state index contributed by atoms with van der Waals surface area (Å²) in [5, 5.41) is 4.70. The van der Waals surface area contributed by atoms with E-state index in [2.05, 4.69) is 10.2 Å². The van der Waals surface area contributed by atoms with Gasteiger partial charge < -0.3 is 16.0 Å². The SMILES string of the molecule is CN(CCNC(=O)c1sccc1N)c1ccccc1. The molecule has 1 aromatic carbocycles. The van der Waals surface area contributed by atoms with Crippen molar-refractivity contribution in [3.8, 4) is 0 Å². The third-order valence-electron chi connectivity index (χ3n) is 2.83. The minimum absolute atomic E-state index is 0.103. The number of hydrogen-bond donors (Lipinski definition) is 2. The molecule has 1 heterocycles. The Balaban J connectivity index is 1.81. The van der Waals surface area contributed by atoms with Crippen molar-refractivity contribution in [2.75, 3.05) is 30.8 Å². The molecule has 1 amide bonds. The van der Waals surface area contributed by atoms with Gasteiger partial charge >= 0.3 is 0 Å². The number of rotatable bonds is 5. The summed E-state index contributed by atoms with van der Waals surface area (Å²) in [7, 11) is 2.00. The Labute approximate surface area is 116 Å². The molecular formula is C14H17N3OS. The lowest BCUT2D eigenvalue weighted by atomic mass is 10.3. The molecule has 0 atom stereocenters. The van der Waals surface area contributed by atoms with Crippen LogP contribution in [0.5, 0.6) is 0 Å². The number of anilines is 2. The molecule has 2 aromatic rings. The number of likely N-dealkylation sites (N-methyl/N-ethyl adjacent to an activating group) is 1. The average Bonchev–Trinajstić information content (AvgIpc) is 2.86. The number of thiophene rings is 1. The molecule has 0 aliphatic rings. The minimum Gasteiger partial charge on any atom is -0.397 e. The van der Waals surface area contributed by atoms with Gasteiger partial charge in [-0.2, -0.15) is 0 Å². The van der Waals surface area contributed by atoms with E-state index in [1.165, 1.54) is 11.3 Å². The summed E-state index contributed by atoms with van der Waals surface area (Å²) < 4.78 is 0. The second kappa shape index (κ2) is 6.24. The summed E-state index contributed by atoms with van der Waals surface area (Å²) in [6.07, 6.45) is 0. The van der Waals surface area contributed by atoms with E-state index in [-0.39, 0.29) is 5.91 Å². The number of carbonyl (C=O) groups excluding carboxylic acids is 1. The van der Waals surface area contributed by atoms with E-state index in [4.69, 9.17) is 5.73 Å². The summed E-state index contributed by atoms with van der Waals surface area (Å²) >= 11 is 1.36. The molecule has 0 aliphatic heterocycles. The van der Waals surface area contributed by atoms with Crippen LogP contribution < -0.4 is 16.0 Å². The molecule has 0 radical (unpaired) electrons.